The van der Waals surface area contributed by atoms with Crippen molar-refractivity contribution in [2.45, 2.75) is 88.5 Å². The largest absolute Gasteiger partial charge is 0.368 e. The molecular formula is C22H35N3O3S. The predicted octanol–water partition coefficient (Wildman–Crippen LogP) is 3.35. The number of nitrogens with one attached hydrogen (secondary N) is 1. The topological polar surface area (TPSA) is 71.0 Å². The highest BCUT2D eigenvalue weighted by atomic mass is 32.2. The standard InChI is InChI=1S/C22H35N3O3S/c1-3-16-6-4-7-17(16)23-21-24-20(27)22(2,29-21)14-15-9-11-25(12-10-15)19(26)18-8-5-13-28-18/h15-18H,3-14H2,1-2H3,(H,23,24,27)/t16?,17-,18+,22?/m0/s1. The van der Waals surface area contributed by atoms with Crippen LogP contribution in [0.5, 0.6) is 0 Å². The van der Waals surface area contributed by atoms with Gasteiger partial charge in [-0.25, -0.2) is 0 Å². The maximum Gasteiger partial charge on any atom is 0.251 e. The number of amides is 2. The van der Waals surface area contributed by atoms with E-state index in [9.17, 15) is 9.59 Å². The van der Waals surface area contributed by atoms with E-state index in [2.05, 4.69) is 19.2 Å². The van der Waals surface area contributed by atoms with Crippen molar-refractivity contribution in [2.24, 2.45) is 16.8 Å². The number of aliphatic imine (C=N–C) groups is 1. The Labute approximate surface area is 178 Å². The third kappa shape index (κ3) is 4.66. The molecule has 2 amide bonds. The Bertz CT molecular complexity index is 656. The summed E-state index contributed by atoms with van der Waals surface area (Å²) in [6, 6.07) is 0.372. The Morgan fingerprint density at radius 1 is 1.24 bits per heavy atom. The number of thioether (sulfide) groups is 1. The highest BCUT2D eigenvalue weighted by Crippen LogP contribution is 2.41. The van der Waals surface area contributed by atoms with E-state index in [1.165, 1.54) is 19.3 Å². The highest BCUT2D eigenvalue weighted by Gasteiger charge is 2.45. The number of amidine groups is 1. The van der Waals surface area contributed by atoms with Gasteiger partial charge in [-0.1, -0.05) is 31.5 Å². The molecule has 2 unspecified atom stereocenters. The Morgan fingerprint density at radius 2 is 2.03 bits per heavy atom. The normalized spacial score (nSPS) is 37.4. The van der Waals surface area contributed by atoms with Crippen LogP contribution in [-0.2, 0) is 14.3 Å². The van der Waals surface area contributed by atoms with E-state index >= 15 is 0 Å². The molecule has 1 N–H and O–H groups in total. The van der Waals surface area contributed by atoms with E-state index < -0.39 is 4.75 Å². The monoisotopic (exact) mass is 421 g/mol. The van der Waals surface area contributed by atoms with Gasteiger partial charge in [-0.05, 0) is 63.7 Å². The van der Waals surface area contributed by atoms with Crippen LogP contribution in [0.15, 0.2) is 4.99 Å². The molecule has 4 fully saturated rings. The lowest BCUT2D eigenvalue weighted by atomic mass is 9.87. The van der Waals surface area contributed by atoms with Crippen LogP contribution >= 0.6 is 11.8 Å². The van der Waals surface area contributed by atoms with Gasteiger partial charge in [0.25, 0.3) is 5.91 Å². The lowest BCUT2D eigenvalue weighted by molar-refractivity contribution is -0.142. The molecule has 0 bridgehead atoms. The Morgan fingerprint density at radius 3 is 2.72 bits per heavy atom. The summed E-state index contributed by atoms with van der Waals surface area (Å²) < 4.78 is 5.11. The van der Waals surface area contributed by atoms with Crippen molar-refractivity contribution in [3.05, 3.63) is 0 Å². The number of hydrogen-bond acceptors (Lipinski definition) is 5. The molecule has 3 aliphatic heterocycles. The second-order valence-corrected chi connectivity index (χ2v) is 10.9. The highest BCUT2D eigenvalue weighted by molar-refractivity contribution is 8.16. The lowest BCUT2D eigenvalue weighted by Gasteiger charge is -2.35. The molecule has 3 heterocycles. The summed E-state index contributed by atoms with van der Waals surface area (Å²) in [6.45, 7) is 6.58. The molecule has 1 saturated carbocycles. The lowest BCUT2D eigenvalue weighted by Crippen LogP contribution is -2.45. The smallest absolute Gasteiger partial charge is 0.251 e. The summed E-state index contributed by atoms with van der Waals surface area (Å²) in [5.74, 6) is 1.40. The van der Waals surface area contributed by atoms with Crippen molar-refractivity contribution in [3.63, 3.8) is 0 Å². The minimum absolute atomic E-state index is 0.102. The van der Waals surface area contributed by atoms with Gasteiger partial charge in [-0.2, -0.15) is 0 Å². The van der Waals surface area contributed by atoms with Crippen molar-refractivity contribution in [1.82, 2.24) is 10.2 Å². The number of piperidine rings is 1. The zero-order valence-electron chi connectivity index (χ0n) is 17.8. The molecule has 3 saturated heterocycles. The summed E-state index contributed by atoms with van der Waals surface area (Å²) in [5.41, 5.74) is 0. The molecule has 0 aromatic rings. The number of ether oxygens (including phenoxy) is 1. The first kappa shape index (κ1) is 21.2. The molecule has 0 spiro atoms. The third-order valence-electron chi connectivity index (χ3n) is 7.26. The minimum atomic E-state index is -0.440. The van der Waals surface area contributed by atoms with E-state index in [-0.39, 0.29) is 17.9 Å². The zero-order chi connectivity index (χ0) is 20.4. The van der Waals surface area contributed by atoms with E-state index in [0.717, 1.165) is 56.8 Å². The molecule has 0 aromatic carbocycles. The molecule has 4 rings (SSSR count). The second-order valence-electron chi connectivity index (χ2n) is 9.36. The van der Waals surface area contributed by atoms with Crippen LogP contribution in [-0.4, -0.2) is 58.5 Å². The SMILES string of the molecule is CCC1CCC[C@@H]1N=C1NC(=O)C(C)(CC2CCN(C(=O)[C@H]3CCCO3)CC2)S1. The molecule has 0 radical (unpaired) electrons. The number of carbonyl (C=O) groups excluding carboxylic acids is 2. The van der Waals surface area contributed by atoms with Crippen LogP contribution in [0, 0.1) is 11.8 Å². The number of rotatable bonds is 5. The first-order valence-electron chi connectivity index (χ1n) is 11.5. The van der Waals surface area contributed by atoms with Crippen LogP contribution in [0.1, 0.15) is 71.6 Å². The Kier molecular flexibility index (Phi) is 6.54. The van der Waals surface area contributed by atoms with E-state index in [0.29, 0.717) is 24.5 Å². The van der Waals surface area contributed by atoms with Crippen LogP contribution in [0.4, 0.5) is 0 Å². The average molecular weight is 422 g/mol. The molecule has 29 heavy (non-hydrogen) atoms. The number of likely N-dealkylation sites (tertiary alicyclic amines) is 1. The number of hydrogen-bond donors (Lipinski definition) is 1. The maximum absolute atomic E-state index is 12.8. The molecule has 6 nitrogen and oxygen atoms in total. The van der Waals surface area contributed by atoms with Crippen molar-refractivity contribution < 1.29 is 14.3 Å². The minimum Gasteiger partial charge on any atom is -0.368 e. The maximum atomic E-state index is 12.8. The first-order valence-corrected chi connectivity index (χ1v) is 12.3. The van der Waals surface area contributed by atoms with Crippen LogP contribution in [0.3, 0.4) is 0 Å². The third-order valence-corrected chi connectivity index (χ3v) is 8.46. The number of carbonyl (C=O) groups is 2. The average Bonchev–Trinajstić information content (AvgIpc) is 3.44. The van der Waals surface area contributed by atoms with Crippen molar-refractivity contribution >= 4 is 28.7 Å². The molecule has 4 aliphatic rings. The fourth-order valence-corrected chi connectivity index (χ4v) is 6.63. The Balaban J connectivity index is 1.30. The van der Waals surface area contributed by atoms with Gasteiger partial charge in [-0.15, -0.1) is 0 Å². The molecule has 7 heteroatoms. The van der Waals surface area contributed by atoms with Crippen LogP contribution in [0.25, 0.3) is 0 Å². The predicted molar refractivity (Wildman–Crippen MR) is 116 cm³/mol. The van der Waals surface area contributed by atoms with E-state index in [1.54, 1.807) is 11.8 Å². The summed E-state index contributed by atoms with van der Waals surface area (Å²) in [5, 5.41) is 3.89. The molecule has 0 aromatic heterocycles. The molecule has 1 aliphatic carbocycles. The second kappa shape index (κ2) is 8.96. The van der Waals surface area contributed by atoms with Gasteiger partial charge >= 0.3 is 0 Å². The van der Waals surface area contributed by atoms with E-state index in [1.807, 2.05) is 4.90 Å². The number of nitrogens with zero attached hydrogens (tertiary/aromatic N) is 2. The van der Waals surface area contributed by atoms with E-state index in [4.69, 9.17) is 9.73 Å². The van der Waals surface area contributed by atoms with Crippen molar-refractivity contribution in [3.8, 4) is 0 Å². The fourth-order valence-electron chi connectivity index (χ4n) is 5.41. The van der Waals surface area contributed by atoms with Gasteiger partial charge in [0.15, 0.2) is 5.17 Å². The first-order chi connectivity index (χ1) is 14.0. The molecule has 4 atom stereocenters. The quantitative estimate of drug-likeness (QED) is 0.739. The fraction of sp³-hybridized carbons (Fsp3) is 0.864. The van der Waals surface area contributed by atoms with Gasteiger partial charge in [0, 0.05) is 19.7 Å². The van der Waals surface area contributed by atoms with Crippen molar-refractivity contribution in [1.29, 1.82) is 0 Å². The van der Waals surface area contributed by atoms with Crippen LogP contribution in [0.2, 0.25) is 0 Å². The van der Waals surface area contributed by atoms with Gasteiger partial charge < -0.3 is 15.0 Å². The summed E-state index contributed by atoms with van der Waals surface area (Å²) in [4.78, 5) is 32.2. The summed E-state index contributed by atoms with van der Waals surface area (Å²) in [6.07, 6.45) is 9.23. The van der Waals surface area contributed by atoms with Gasteiger partial charge in [-0.3, -0.25) is 14.6 Å². The van der Waals surface area contributed by atoms with Crippen molar-refractivity contribution in [2.75, 3.05) is 19.7 Å². The molecule has 162 valence electrons. The van der Waals surface area contributed by atoms with Gasteiger partial charge in [0.2, 0.25) is 5.91 Å². The Hall–Kier alpha value is -1.08. The van der Waals surface area contributed by atoms with Crippen LogP contribution < -0.4 is 5.32 Å². The summed E-state index contributed by atoms with van der Waals surface area (Å²) >= 11 is 1.63. The zero-order valence-corrected chi connectivity index (χ0v) is 18.6. The summed E-state index contributed by atoms with van der Waals surface area (Å²) in [7, 11) is 0. The van der Waals surface area contributed by atoms with Gasteiger partial charge in [0.1, 0.15) is 6.10 Å². The molecular weight excluding hydrogens is 386 g/mol. The van der Waals surface area contributed by atoms with Gasteiger partial charge in [0.05, 0.1) is 10.8 Å².